The minimum atomic E-state index is -4.38. The zero-order valence-electron chi connectivity index (χ0n) is 16.2. The van der Waals surface area contributed by atoms with Gasteiger partial charge in [0.05, 0.1) is 33.5 Å². The van der Waals surface area contributed by atoms with Gasteiger partial charge >= 0.3 is 6.18 Å². The van der Waals surface area contributed by atoms with Crippen LogP contribution in [0.1, 0.15) is 27.9 Å². The normalized spacial score (nSPS) is 11.8. The van der Waals surface area contributed by atoms with Crippen LogP contribution in [-0.4, -0.2) is 18.2 Å². The molecule has 0 spiro atoms. The van der Waals surface area contributed by atoms with Crippen molar-refractivity contribution in [3.8, 4) is 11.8 Å². The Morgan fingerprint density at radius 2 is 1.68 bits per heavy atom. The van der Waals surface area contributed by atoms with Crippen LogP contribution in [0.4, 0.5) is 17.6 Å². The topological polar surface area (TPSA) is 78.0 Å². The molecule has 0 aliphatic rings. The van der Waals surface area contributed by atoms with Crippen LogP contribution in [-0.2, 0) is 36.1 Å². The minimum Gasteiger partial charge on any atom is -0.271 e. The highest BCUT2D eigenvalue weighted by Gasteiger charge is 2.29. The molecule has 0 fully saturated rings. The zero-order valence-corrected chi connectivity index (χ0v) is 17.1. The molecule has 3 aromatic rings. The fraction of sp³-hybridized carbons (Fsp3) is 0.190. The van der Waals surface area contributed by atoms with Crippen molar-refractivity contribution < 1.29 is 26.0 Å². The molecule has 1 aromatic heterocycles. The Bertz CT molecular complexity index is 1270. The molecule has 162 valence electrons. The number of benzene rings is 2. The average Bonchev–Trinajstić information content (AvgIpc) is 3.04. The summed E-state index contributed by atoms with van der Waals surface area (Å²) in [5.74, 6) is 4.63. The van der Waals surface area contributed by atoms with E-state index >= 15 is 0 Å². The van der Waals surface area contributed by atoms with Crippen molar-refractivity contribution in [2.75, 3.05) is 0 Å². The third kappa shape index (κ3) is 5.51. The number of sulfonamides is 1. The number of aryl methyl sites for hydroxylation is 2. The number of rotatable bonds is 4. The van der Waals surface area contributed by atoms with Gasteiger partial charge in [-0.25, -0.2) is 17.9 Å². The van der Waals surface area contributed by atoms with Crippen molar-refractivity contribution >= 4 is 10.0 Å². The molecule has 3 rings (SSSR count). The summed E-state index contributed by atoms with van der Waals surface area (Å²) >= 11 is 0. The van der Waals surface area contributed by atoms with Gasteiger partial charge in [0.15, 0.2) is 0 Å². The molecule has 5 nitrogen and oxygen atoms in total. The first-order valence-electron chi connectivity index (χ1n) is 8.96. The van der Waals surface area contributed by atoms with Crippen LogP contribution in [0.5, 0.6) is 0 Å². The summed E-state index contributed by atoms with van der Waals surface area (Å²) in [6, 6.07) is 8.10. The molecule has 0 atom stereocenters. The molecule has 0 amide bonds. The zero-order chi connectivity index (χ0) is 22.8. The van der Waals surface area contributed by atoms with Crippen LogP contribution < -0.4 is 5.14 Å². The third-order valence-corrected chi connectivity index (χ3v) is 5.51. The molecule has 10 heteroatoms. The van der Waals surface area contributed by atoms with Crippen LogP contribution in [0, 0.1) is 17.7 Å². The molecule has 2 aromatic carbocycles. The first-order valence-corrected chi connectivity index (χ1v) is 10.5. The smallest absolute Gasteiger partial charge is 0.271 e. The quantitative estimate of drug-likeness (QED) is 0.488. The molecule has 0 radical (unpaired) electrons. The van der Waals surface area contributed by atoms with E-state index in [4.69, 9.17) is 5.14 Å². The molecule has 31 heavy (non-hydrogen) atoms. The summed E-state index contributed by atoms with van der Waals surface area (Å²) in [6.07, 6.45) is -1.96. The van der Waals surface area contributed by atoms with Gasteiger partial charge in [-0.2, -0.15) is 18.3 Å². The highest BCUT2D eigenvalue weighted by molar-refractivity contribution is 7.89. The van der Waals surface area contributed by atoms with Gasteiger partial charge in [0.25, 0.3) is 0 Å². The lowest BCUT2D eigenvalue weighted by Gasteiger charge is -2.08. The number of aromatic nitrogens is 2. The van der Waals surface area contributed by atoms with Crippen molar-refractivity contribution in [2.24, 2.45) is 12.2 Å². The largest absolute Gasteiger partial charge is 0.416 e. The summed E-state index contributed by atoms with van der Waals surface area (Å²) in [5, 5.41) is 9.11. The first kappa shape index (κ1) is 22.5. The summed E-state index contributed by atoms with van der Waals surface area (Å²) in [7, 11) is -2.32. The number of hydrogen-bond acceptors (Lipinski definition) is 3. The Morgan fingerprint density at radius 1 is 1.03 bits per heavy atom. The molecule has 0 saturated carbocycles. The van der Waals surface area contributed by atoms with Crippen LogP contribution in [0.2, 0.25) is 0 Å². The van der Waals surface area contributed by atoms with Crippen molar-refractivity contribution in [3.05, 3.63) is 82.4 Å². The molecular formula is C21H17F4N3O2S. The van der Waals surface area contributed by atoms with E-state index in [9.17, 15) is 26.0 Å². The van der Waals surface area contributed by atoms with E-state index in [0.717, 1.165) is 35.5 Å². The molecule has 0 aliphatic carbocycles. The van der Waals surface area contributed by atoms with Crippen molar-refractivity contribution in [1.82, 2.24) is 9.78 Å². The van der Waals surface area contributed by atoms with Crippen LogP contribution in [0.3, 0.4) is 0 Å². The lowest BCUT2D eigenvalue weighted by Crippen LogP contribution is -2.12. The second-order valence-electron chi connectivity index (χ2n) is 6.76. The monoisotopic (exact) mass is 451 g/mol. The lowest BCUT2D eigenvalue weighted by atomic mass is 10.0. The first-order chi connectivity index (χ1) is 14.4. The average molecular weight is 451 g/mol. The minimum absolute atomic E-state index is 0.00931. The second kappa shape index (κ2) is 8.53. The van der Waals surface area contributed by atoms with Gasteiger partial charge in [0.2, 0.25) is 10.0 Å². The van der Waals surface area contributed by atoms with E-state index < -0.39 is 27.6 Å². The van der Waals surface area contributed by atoms with E-state index in [2.05, 4.69) is 16.9 Å². The van der Waals surface area contributed by atoms with Crippen molar-refractivity contribution in [3.63, 3.8) is 0 Å². The van der Waals surface area contributed by atoms with Crippen molar-refractivity contribution in [2.45, 2.75) is 23.9 Å². The molecule has 0 bridgehead atoms. The SMILES string of the molecule is Cn1ncc(C#Cc2ccc(S(N)(=O)=O)cc2F)c1CCc1ccc(C(F)(F)F)cc1. The van der Waals surface area contributed by atoms with Crippen LogP contribution in [0.25, 0.3) is 0 Å². The number of alkyl halides is 3. The van der Waals surface area contributed by atoms with Gasteiger partial charge in [-0.05, 0) is 48.7 Å². The summed E-state index contributed by atoms with van der Waals surface area (Å²) in [5.41, 5.74) is 1.26. The van der Waals surface area contributed by atoms with Gasteiger partial charge in [0.1, 0.15) is 5.82 Å². The van der Waals surface area contributed by atoms with E-state index in [1.165, 1.54) is 24.4 Å². The van der Waals surface area contributed by atoms with E-state index in [1.807, 2.05) is 0 Å². The Balaban J connectivity index is 1.78. The molecule has 0 saturated heterocycles. The number of primary sulfonamides is 1. The Labute approximate surface area is 176 Å². The van der Waals surface area contributed by atoms with Crippen molar-refractivity contribution in [1.29, 1.82) is 0 Å². The fourth-order valence-electron chi connectivity index (χ4n) is 2.90. The molecule has 2 N–H and O–H groups in total. The summed E-state index contributed by atoms with van der Waals surface area (Å²) < 4.78 is 76.4. The van der Waals surface area contributed by atoms with E-state index in [1.54, 1.807) is 11.7 Å². The Hall–Kier alpha value is -3.16. The highest BCUT2D eigenvalue weighted by atomic mass is 32.2. The third-order valence-electron chi connectivity index (χ3n) is 4.59. The predicted molar refractivity (Wildman–Crippen MR) is 106 cm³/mol. The number of nitrogens with two attached hydrogens (primary N) is 1. The second-order valence-corrected chi connectivity index (χ2v) is 8.32. The van der Waals surface area contributed by atoms with Gasteiger partial charge in [-0.15, -0.1) is 0 Å². The van der Waals surface area contributed by atoms with Crippen LogP contribution in [0.15, 0.2) is 53.6 Å². The number of nitrogens with zero attached hydrogens (tertiary/aromatic N) is 2. The summed E-state index contributed by atoms with van der Waals surface area (Å²) in [4.78, 5) is -0.353. The maximum atomic E-state index is 14.2. The standard InChI is InChI=1S/C21H17F4N3O2S/c1-28-20(11-4-14-2-8-17(9-3-14)21(23,24)25)16(13-27-28)6-5-15-7-10-18(12-19(15)22)31(26,29)30/h2-3,7-10,12-13H,4,11H2,1H3,(H2,26,29,30). The van der Waals surface area contributed by atoms with Crippen LogP contribution >= 0.6 is 0 Å². The van der Waals surface area contributed by atoms with Gasteiger partial charge in [-0.1, -0.05) is 24.0 Å². The fourth-order valence-corrected chi connectivity index (χ4v) is 3.42. The molecule has 0 aliphatic heterocycles. The lowest BCUT2D eigenvalue weighted by molar-refractivity contribution is -0.137. The maximum absolute atomic E-state index is 14.2. The molecule has 0 unspecified atom stereocenters. The Kier molecular flexibility index (Phi) is 6.20. The molecule has 1 heterocycles. The van der Waals surface area contributed by atoms with E-state index in [0.29, 0.717) is 18.4 Å². The maximum Gasteiger partial charge on any atom is 0.416 e. The van der Waals surface area contributed by atoms with Gasteiger partial charge < -0.3 is 0 Å². The Morgan fingerprint density at radius 3 is 2.26 bits per heavy atom. The van der Waals surface area contributed by atoms with Gasteiger partial charge in [0, 0.05) is 7.05 Å². The van der Waals surface area contributed by atoms with E-state index in [-0.39, 0.29) is 10.5 Å². The molecular weight excluding hydrogens is 434 g/mol. The number of halogens is 4. The van der Waals surface area contributed by atoms with Gasteiger partial charge in [-0.3, -0.25) is 4.68 Å². The predicted octanol–water partition coefficient (Wildman–Crippen LogP) is 3.41. The number of hydrogen-bond donors (Lipinski definition) is 1. The summed E-state index contributed by atoms with van der Waals surface area (Å²) in [6.45, 7) is 0. The highest BCUT2D eigenvalue weighted by Crippen LogP contribution is 2.29.